The molecule has 0 aliphatic carbocycles. The first kappa shape index (κ1) is 8.30. The fraction of sp³-hybridized carbons (Fsp3) is 0.444. The lowest BCUT2D eigenvalue weighted by molar-refractivity contribution is 0.828. The Morgan fingerprint density at radius 2 is 2.33 bits per heavy atom. The van der Waals surface area contributed by atoms with Crippen molar-refractivity contribution in [1.82, 2.24) is 0 Å². The van der Waals surface area contributed by atoms with Crippen LogP contribution in [0.25, 0.3) is 0 Å². The summed E-state index contributed by atoms with van der Waals surface area (Å²) in [6.45, 7) is 5.69. The minimum absolute atomic E-state index is 1.01. The molecule has 0 amide bonds. The molecule has 0 aromatic carbocycles. The molecule has 0 N–H and O–H groups in total. The highest BCUT2D eigenvalue weighted by molar-refractivity contribution is 5.15. The van der Waals surface area contributed by atoms with Crippen LogP contribution in [0, 0.1) is 18.8 Å². The van der Waals surface area contributed by atoms with Crippen molar-refractivity contribution in [1.29, 1.82) is 0 Å². The molecule has 49 valence electrons. The zero-order valence-corrected chi connectivity index (χ0v) is 5.98. The predicted molar refractivity (Wildman–Crippen MR) is 41.8 cm³/mol. The van der Waals surface area contributed by atoms with E-state index in [4.69, 9.17) is 0 Å². The number of hydrogen-bond acceptors (Lipinski definition) is 0. The Balaban J connectivity index is 3.16. The molecule has 0 spiro atoms. The fourth-order valence-electron chi connectivity index (χ4n) is 0.455. The summed E-state index contributed by atoms with van der Waals surface area (Å²) in [7, 11) is 0. The molecule has 0 fully saturated rings. The van der Waals surface area contributed by atoms with Crippen LogP contribution in [-0.4, -0.2) is 0 Å². The predicted octanol–water partition coefficient (Wildman–Crippen LogP) is 2.57. The van der Waals surface area contributed by atoms with Gasteiger partial charge < -0.3 is 0 Å². The Kier molecular flexibility index (Phi) is 6.73. The van der Waals surface area contributed by atoms with Crippen LogP contribution >= 0.6 is 0 Å². The van der Waals surface area contributed by atoms with Crippen molar-refractivity contribution >= 4 is 0 Å². The van der Waals surface area contributed by atoms with Crippen LogP contribution in [0.1, 0.15) is 26.2 Å². The molecule has 1 radical (unpaired) electrons. The van der Waals surface area contributed by atoms with E-state index in [0.29, 0.717) is 0 Å². The van der Waals surface area contributed by atoms with Crippen LogP contribution in [0.2, 0.25) is 0 Å². The lowest BCUT2D eigenvalue weighted by atomic mass is 10.2. The molecule has 0 aromatic rings. The molecule has 0 unspecified atom stereocenters. The van der Waals surface area contributed by atoms with Crippen LogP contribution < -0.4 is 0 Å². The maximum atomic E-state index is 3.52. The number of allylic oxidation sites excluding steroid dienone is 2. The maximum absolute atomic E-state index is 3.52. The highest BCUT2D eigenvalue weighted by Gasteiger charge is 1.73. The average molecular weight is 121 g/mol. The second-order valence-corrected chi connectivity index (χ2v) is 1.83. The first-order valence-electron chi connectivity index (χ1n) is 3.34. The third-order valence-corrected chi connectivity index (χ3v) is 0.959. The minimum Gasteiger partial charge on any atom is -0.0985 e. The Morgan fingerprint density at radius 1 is 1.56 bits per heavy atom. The van der Waals surface area contributed by atoms with E-state index in [1.807, 2.05) is 0 Å². The SMILES string of the molecule is [CH2]/C=C/C#CCCCC. The molecule has 0 heteroatoms. The van der Waals surface area contributed by atoms with Crippen molar-refractivity contribution in [2.45, 2.75) is 26.2 Å². The highest BCUT2D eigenvalue weighted by Crippen LogP contribution is 1.89. The van der Waals surface area contributed by atoms with Gasteiger partial charge in [0.25, 0.3) is 0 Å². The van der Waals surface area contributed by atoms with E-state index in [0.717, 1.165) is 6.42 Å². The van der Waals surface area contributed by atoms with E-state index in [1.165, 1.54) is 12.8 Å². The smallest absolute Gasteiger partial charge is 0.00921 e. The number of hydrogen-bond donors (Lipinski definition) is 0. The maximum Gasteiger partial charge on any atom is 0.00921 e. The van der Waals surface area contributed by atoms with E-state index >= 15 is 0 Å². The normalized spacial score (nSPS) is 9.11. The molecular formula is C9H13. The molecule has 0 saturated heterocycles. The standard InChI is InChI=1S/C9H13/c1-3-5-7-9-8-6-4-2/h3,5H,1,4,6,8H2,2H3/b5-3+. The zero-order chi connectivity index (χ0) is 6.95. The van der Waals surface area contributed by atoms with Crippen LogP contribution in [0.4, 0.5) is 0 Å². The van der Waals surface area contributed by atoms with Gasteiger partial charge in [0, 0.05) is 6.42 Å². The van der Waals surface area contributed by atoms with E-state index in [-0.39, 0.29) is 0 Å². The molecule has 0 atom stereocenters. The van der Waals surface area contributed by atoms with Crippen molar-refractivity contribution in [3.05, 3.63) is 19.1 Å². The summed E-state index contributed by atoms with van der Waals surface area (Å²) in [5.74, 6) is 5.89. The second-order valence-electron chi connectivity index (χ2n) is 1.83. The molecule has 0 aliphatic rings. The molecular weight excluding hydrogens is 108 g/mol. The second kappa shape index (κ2) is 7.30. The Hall–Kier alpha value is -0.700. The summed E-state index contributed by atoms with van der Waals surface area (Å²) in [5.41, 5.74) is 0. The van der Waals surface area contributed by atoms with Gasteiger partial charge in [0.05, 0.1) is 0 Å². The summed E-state index contributed by atoms with van der Waals surface area (Å²) in [6.07, 6.45) is 6.93. The molecule has 0 nitrogen and oxygen atoms in total. The monoisotopic (exact) mass is 121 g/mol. The fourth-order valence-corrected chi connectivity index (χ4v) is 0.455. The molecule has 0 rings (SSSR count). The van der Waals surface area contributed by atoms with Gasteiger partial charge in [0.2, 0.25) is 0 Å². The lowest BCUT2D eigenvalue weighted by Gasteiger charge is -1.81. The lowest BCUT2D eigenvalue weighted by Crippen LogP contribution is -1.65. The van der Waals surface area contributed by atoms with Gasteiger partial charge in [0.1, 0.15) is 0 Å². The van der Waals surface area contributed by atoms with Crippen LogP contribution in [0.5, 0.6) is 0 Å². The number of rotatable bonds is 2. The summed E-state index contributed by atoms with van der Waals surface area (Å²) in [4.78, 5) is 0. The zero-order valence-electron chi connectivity index (χ0n) is 5.98. The third-order valence-electron chi connectivity index (χ3n) is 0.959. The Bertz CT molecular complexity index is 121. The molecule has 0 bridgehead atoms. The van der Waals surface area contributed by atoms with Gasteiger partial charge >= 0.3 is 0 Å². The van der Waals surface area contributed by atoms with Gasteiger partial charge in [-0.05, 0) is 19.4 Å². The van der Waals surface area contributed by atoms with Gasteiger partial charge in [-0.2, -0.15) is 0 Å². The summed E-state index contributed by atoms with van der Waals surface area (Å²) < 4.78 is 0. The van der Waals surface area contributed by atoms with Gasteiger partial charge in [-0.3, -0.25) is 0 Å². The van der Waals surface area contributed by atoms with E-state index in [2.05, 4.69) is 25.7 Å². The van der Waals surface area contributed by atoms with Gasteiger partial charge in [-0.25, -0.2) is 0 Å². The van der Waals surface area contributed by atoms with Crippen molar-refractivity contribution in [3.63, 3.8) is 0 Å². The third kappa shape index (κ3) is 7.30. The topological polar surface area (TPSA) is 0 Å². The van der Waals surface area contributed by atoms with Crippen molar-refractivity contribution in [3.8, 4) is 11.8 Å². The molecule has 9 heavy (non-hydrogen) atoms. The Labute approximate surface area is 58.0 Å². The summed E-state index contributed by atoms with van der Waals surface area (Å²) >= 11 is 0. The van der Waals surface area contributed by atoms with E-state index in [9.17, 15) is 0 Å². The Morgan fingerprint density at radius 3 is 2.89 bits per heavy atom. The van der Waals surface area contributed by atoms with Gasteiger partial charge in [-0.1, -0.05) is 31.3 Å². The molecule has 0 aromatic heterocycles. The number of unbranched alkanes of at least 4 members (excludes halogenated alkanes) is 2. The first-order valence-corrected chi connectivity index (χ1v) is 3.34. The van der Waals surface area contributed by atoms with Crippen LogP contribution in [0.3, 0.4) is 0 Å². The molecule has 0 heterocycles. The van der Waals surface area contributed by atoms with Crippen LogP contribution in [0.15, 0.2) is 12.2 Å². The molecule has 0 saturated carbocycles. The van der Waals surface area contributed by atoms with Crippen molar-refractivity contribution in [2.75, 3.05) is 0 Å². The van der Waals surface area contributed by atoms with E-state index < -0.39 is 0 Å². The van der Waals surface area contributed by atoms with Crippen LogP contribution in [-0.2, 0) is 0 Å². The van der Waals surface area contributed by atoms with Gasteiger partial charge in [-0.15, -0.1) is 0 Å². The minimum atomic E-state index is 1.01. The average Bonchev–Trinajstić information content (AvgIpc) is 1.89. The largest absolute Gasteiger partial charge is 0.0985 e. The highest BCUT2D eigenvalue weighted by atomic mass is 13.8. The first-order chi connectivity index (χ1) is 4.41. The summed E-state index contributed by atoms with van der Waals surface area (Å²) in [5, 5.41) is 0. The quantitative estimate of drug-likeness (QED) is 0.389. The van der Waals surface area contributed by atoms with E-state index in [1.54, 1.807) is 12.2 Å². The van der Waals surface area contributed by atoms with Crippen molar-refractivity contribution < 1.29 is 0 Å². The van der Waals surface area contributed by atoms with Crippen molar-refractivity contribution in [2.24, 2.45) is 0 Å². The summed E-state index contributed by atoms with van der Waals surface area (Å²) in [6, 6.07) is 0. The molecule has 0 aliphatic heterocycles. The van der Waals surface area contributed by atoms with Gasteiger partial charge in [0.15, 0.2) is 0 Å².